The fourth-order valence-electron chi connectivity index (χ4n) is 5.77. The third-order valence-corrected chi connectivity index (χ3v) is 8.10. The quantitative estimate of drug-likeness (QED) is 0.464. The number of fused-ring (bicyclic) bond motifs is 1. The third-order valence-electron chi connectivity index (χ3n) is 8.10. The van der Waals surface area contributed by atoms with Crippen molar-refractivity contribution in [3.63, 3.8) is 0 Å². The zero-order chi connectivity index (χ0) is 26.0. The van der Waals surface area contributed by atoms with Crippen LogP contribution >= 0.6 is 0 Å². The van der Waals surface area contributed by atoms with Crippen molar-refractivity contribution in [2.75, 3.05) is 4.90 Å². The average Bonchev–Trinajstić information content (AvgIpc) is 3.30. The Bertz CT molecular complexity index is 1270. The maximum atomic E-state index is 14.1. The Morgan fingerprint density at radius 3 is 2.38 bits per heavy atom. The Balaban J connectivity index is 1.52. The number of carbonyl (C=O) groups is 2. The molecule has 1 aliphatic carbocycles. The highest BCUT2D eigenvalue weighted by Gasteiger charge is 2.49. The van der Waals surface area contributed by atoms with Gasteiger partial charge < -0.3 is 5.32 Å². The number of nitrogens with zero attached hydrogens (tertiary/aromatic N) is 3. The van der Waals surface area contributed by atoms with Crippen molar-refractivity contribution in [3.05, 3.63) is 71.4 Å². The summed E-state index contributed by atoms with van der Waals surface area (Å²) in [6.45, 7) is 6.30. The number of anilines is 1. The van der Waals surface area contributed by atoms with Crippen molar-refractivity contribution in [3.8, 4) is 11.3 Å². The van der Waals surface area contributed by atoms with Gasteiger partial charge in [0.15, 0.2) is 0 Å². The van der Waals surface area contributed by atoms with E-state index in [9.17, 15) is 9.59 Å². The molecule has 0 saturated heterocycles. The molecule has 1 unspecified atom stereocenters. The predicted molar refractivity (Wildman–Crippen MR) is 148 cm³/mol. The Labute approximate surface area is 220 Å². The number of rotatable bonds is 5. The molecule has 5 rings (SSSR count). The molecule has 194 valence electrons. The summed E-state index contributed by atoms with van der Waals surface area (Å²) < 4.78 is 1.73. The normalized spacial score (nSPS) is 20.7. The summed E-state index contributed by atoms with van der Waals surface area (Å²) in [7, 11) is 0. The topological polar surface area (TPSA) is 67.2 Å². The van der Waals surface area contributed by atoms with E-state index in [1.54, 1.807) is 9.58 Å². The van der Waals surface area contributed by atoms with Gasteiger partial charge in [0, 0.05) is 17.3 Å². The molecule has 1 atom stereocenters. The van der Waals surface area contributed by atoms with Crippen LogP contribution in [0.4, 0.5) is 5.69 Å². The van der Waals surface area contributed by atoms with Crippen LogP contribution < -0.4 is 10.2 Å². The van der Waals surface area contributed by atoms with Crippen LogP contribution in [-0.4, -0.2) is 33.2 Å². The number of amides is 2. The Morgan fingerprint density at radius 2 is 1.70 bits per heavy atom. The maximum absolute atomic E-state index is 14.1. The minimum atomic E-state index is -1.10. The third kappa shape index (κ3) is 4.94. The van der Waals surface area contributed by atoms with Crippen LogP contribution in [0.1, 0.15) is 80.4 Å². The molecule has 6 heteroatoms. The first-order valence-corrected chi connectivity index (χ1v) is 13.8. The fraction of sp³-hybridized carbons (Fsp3) is 0.452. The Hall–Kier alpha value is -3.41. The highest BCUT2D eigenvalue weighted by molar-refractivity contribution is 6.12. The van der Waals surface area contributed by atoms with Crippen molar-refractivity contribution in [2.24, 2.45) is 0 Å². The number of nitrogens with one attached hydrogen (secondary N) is 1. The van der Waals surface area contributed by atoms with Gasteiger partial charge in [-0.2, -0.15) is 5.10 Å². The first kappa shape index (κ1) is 25.2. The molecular weight excluding hydrogens is 460 g/mol. The van der Waals surface area contributed by atoms with Gasteiger partial charge in [0.05, 0.1) is 12.2 Å². The van der Waals surface area contributed by atoms with E-state index >= 15 is 0 Å². The number of aromatic nitrogens is 2. The summed E-state index contributed by atoms with van der Waals surface area (Å²) in [4.78, 5) is 29.9. The number of aryl methyl sites for hydroxylation is 2. The van der Waals surface area contributed by atoms with Crippen molar-refractivity contribution < 1.29 is 9.59 Å². The van der Waals surface area contributed by atoms with Gasteiger partial charge in [-0.05, 0) is 56.4 Å². The van der Waals surface area contributed by atoms with Gasteiger partial charge in [0.2, 0.25) is 5.91 Å². The second kappa shape index (κ2) is 10.5. The number of para-hydroxylation sites is 1. The second-order valence-corrected chi connectivity index (χ2v) is 10.8. The van der Waals surface area contributed by atoms with E-state index in [0.29, 0.717) is 12.2 Å². The molecule has 2 amide bonds. The van der Waals surface area contributed by atoms with E-state index in [4.69, 9.17) is 5.10 Å². The van der Waals surface area contributed by atoms with Crippen molar-refractivity contribution in [1.29, 1.82) is 0 Å². The van der Waals surface area contributed by atoms with Gasteiger partial charge in [-0.3, -0.25) is 19.2 Å². The van der Waals surface area contributed by atoms with Crippen molar-refractivity contribution >= 4 is 17.5 Å². The minimum absolute atomic E-state index is 0.107. The van der Waals surface area contributed by atoms with Crippen LogP contribution in [0.25, 0.3) is 11.3 Å². The summed E-state index contributed by atoms with van der Waals surface area (Å²) in [5, 5.41) is 8.16. The van der Waals surface area contributed by atoms with Crippen LogP contribution in [0.3, 0.4) is 0 Å². The summed E-state index contributed by atoms with van der Waals surface area (Å²) in [5.74, 6) is -0.301. The van der Waals surface area contributed by atoms with Crippen LogP contribution in [0.15, 0.2) is 54.6 Å². The molecular formula is C31H38N4O2. The van der Waals surface area contributed by atoms with Gasteiger partial charge in [-0.15, -0.1) is 0 Å². The molecule has 6 nitrogen and oxygen atoms in total. The zero-order valence-corrected chi connectivity index (χ0v) is 22.3. The molecule has 3 aromatic rings. The fourth-order valence-corrected chi connectivity index (χ4v) is 5.77. The molecule has 1 saturated carbocycles. The molecule has 1 N–H and O–H groups in total. The van der Waals surface area contributed by atoms with Gasteiger partial charge in [-0.25, -0.2) is 0 Å². The number of benzene rings is 2. The van der Waals surface area contributed by atoms with Gasteiger partial charge in [0.1, 0.15) is 11.2 Å². The van der Waals surface area contributed by atoms with E-state index in [2.05, 4.69) is 36.5 Å². The van der Waals surface area contributed by atoms with E-state index in [1.165, 1.54) is 24.8 Å². The zero-order valence-electron chi connectivity index (χ0n) is 22.3. The molecule has 0 bridgehead atoms. The Kier molecular flexibility index (Phi) is 7.18. The van der Waals surface area contributed by atoms with E-state index in [0.717, 1.165) is 54.6 Å². The molecule has 2 aliphatic rings. The summed E-state index contributed by atoms with van der Waals surface area (Å²) in [6.07, 6.45) is 8.93. The predicted octanol–water partition coefficient (Wildman–Crippen LogP) is 6.07. The smallest absolute Gasteiger partial charge is 0.277 e. The molecule has 37 heavy (non-hydrogen) atoms. The summed E-state index contributed by atoms with van der Waals surface area (Å²) >= 11 is 0. The van der Waals surface area contributed by atoms with Crippen LogP contribution in [0.2, 0.25) is 0 Å². The average molecular weight is 499 g/mol. The van der Waals surface area contributed by atoms with E-state index < -0.39 is 5.54 Å². The van der Waals surface area contributed by atoms with Gasteiger partial charge in [0.25, 0.3) is 5.91 Å². The standard InChI is InChI=1S/C31H38N4O2/c1-4-23-16-18-24(19-17-23)26-20-28-29(36)35(27-15-11-10-12-22(27)2)31(3,21-34(28)33-26)30(37)32-25-13-8-6-5-7-9-14-25/h10-12,15-20,25H,4-9,13-14,21H2,1-3H3,(H,32,37). The lowest BCUT2D eigenvalue weighted by molar-refractivity contribution is -0.127. The minimum Gasteiger partial charge on any atom is -0.351 e. The first-order valence-electron chi connectivity index (χ1n) is 13.8. The molecule has 1 aliphatic heterocycles. The first-order chi connectivity index (χ1) is 17.9. The monoisotopic (exact) mass is 498 g/mol. The Morgan fingerprint density at radius 1 is 1.03 bits per heavy atom. The maximum Gasteiger partial charge on any atom is 0.277 e. The molecule has 2 aromatic carbocycles. The lowest BCUT2D eigenvalue weighted by Gasteiger charge is -2.44. The van der Waals surface area contributed by atoms with Gasteiger partial charge >= 0.3 is 0 Å². The number of hydrogen-bond donors (Lipinski definition) is 1. The lowest BCUT2D eigenvalue weighted by Crippen LogP contribution is -2.65. The number of carbonyl (C=O) groups excluding carboxylic acids is 2. The van der Waals surface area contributed by atoms with Crippen molar-refractivity contribution in [2.45, 2.75) is 90.3 Å². The van der Waals surface area contributed by atoms with Crippen LogP contribution in [0, 0.1) is 6.92 Å². The molecule has 0 spiro atoms. The highest BCUT2D eigenvalue weighted by atomic mass is 16.2. The summed E-state index contributed by atoms with van der Waals surface area (Å²) in [6, 6.07) is 18.1. The summed E-state index contributed by atoms with van der Waals surface area (Å²) in [5.41, 5.74) is 4.11. The lowest BCUT2D eigenvalue weighted by atomic mass is 9.91. The van der Waals surface area contributed by atoms with Crippen molar-refractivity contribution in [1.82, 2.24) is 15.1 Å². The highest BCUT2D eigenvalue weighted by Crippen LogP contribution is 2.36. The molecule has 1 aromatic heterocycles. The molecule has 0 radical (unpaired) electrons. The van der Waals surface area contributed by atoms with Crippen LogP contribution in [0.5, 0.6) is 0 Å². The molecule has 2 heterocycles. The largest absolute Gasteiger partial charge is 0.351 e. The van der Waals surface area contributed by atoms with E-state index in [1.807, 2.05) is 44.2 Å². The second-order valence-electron chi connectivity index (χ2n) is 10.8. The van der Waals surface area contributed by atoms with Crippen LogP contribution in [-0.2, 0) is 17.8 Å². The van der Waals surface area contributed by atoms with E-state index in [-0.39, 0.29) is 17.9 Å². The number of hydrogen-bond acceptors (Lipinski definition) is 3. The molecule has 1 fully saturated rings. The van der Waals surface area contributed by atoms with Gasteiger partial charge in [-0.1, -0.05) is 81.5 Å². The SMILES string of the molecule is CCc1ccc(-c2cc3n(n2)CC(C)(C(=O)NC2CCCCCCC2)N(c2ccccc2C)C3=O)cc1.